The second-order valence-electron chi connectivity index (χ2n) is 7.51. The average molecular weight is 429 g/mol. The number of carbonyl (C=O) groups excluding carboxylic acids is 2. The molecule has 8 heteroatoms. The molecule has 0 atom stereocenters. The van der Waals surface area contributed by atoms with Crippen LogP contribution in [0, 0.1) is 0 Å². The molecule has 3 heterocycles. The number of nitrogens with one attached hydrogen (secondary N) is 1. The van der Waals surface area contributed by atoms with Crippen LogP contribution in [-0.2, 0) is 13.1 Å². The highest BCUT2D eigenvalue weighted by Gasteiger charge is 2.29. The molecule has 0 spiro atoms. The van der Waals surface area contributed by atoms with E-state index in [-0.39, 0.29) is 18.4 Å². The van der Waals surface area contributed by atoms with Crippen molar-refractivity contribution in [1.82, 2.24) is 15.2 Å². The normalized spacial score (nSPS) is 15.5. The number of carbonyl (C=O) groups is 2. The Balaban J connectivity index is 1.48. The summed E-state index contributed by atoms with van der Waals surface area (Å²) in [5.74, 6) is 0.135. The van der Waals surface area contributed by atoms with Gasteiger partial charge in [-0.15, -0.1) is 0 Å². The van der Waals surface area contributed by atoms with Crippen molar-refractivity contribution in [2.75, 3.05) is 31.6 Å². The van der Waals surface area contributed by atoms with E-state index in [2.05, 4.69) is 15.2 Å². The van der Waals surface area contributed by atoms with Crippen molar-refractivity contribution in [3.05, 3.63) is 51.7 Å². The van der Waals surface area contributed by atoms with E-state index in [1.54, 1.807) is 23.1 Å². The molecule has 0 bridgehead atoms. The number of benzene rings is 1. The highest BCUT2D eigenvalue weighted by Crippen LogP contribution is 2.30. The molecule has 0 unspecified atom stereocenters. The van der Waals surface area contributed by atoms with Crippen LogP contribution in [0.3, 0.4) is 0 Å². The van der Waals surface area contributed by atoms with E-state index in [1.165, 1.54) is 7.11 Å². The number of nitrogens with zero attached hydrogens (tertiary/aromatic N) is 3. The number of halogens is 1. The lowest BCUT2D eigenvalue weighted by molar-refractivity contribution is 0.0786. The number of methoxy groups -OCH3 is 1. The fourth-order valence-electron chi connectivity index (χ4n) is 4.00. The first-order valence-corrected chi connectivity index (χ1v) is 10.6. The Hall–Kier alpha value is -2.80. The summed E-state index contributed by atoms with van der Waals surface area (Å²) >= 11 is 6.43. The Morgan fingerprint density at radius 1 is 1.27 bits per heavy atom. The number of fused-ring (bicyclic) bond motifs is 1. The van der Waals surface area contributed by atoms with Crippen molar-refractivity contribution in [2.45, 2.75) is 32.9 Å². The quantitative estimate of drug-likeness (QED) is 0.764. The fraction of sp³-hybridized carbons (Fsp3) is 0.409. The molecule has 1 aromatic heterocycles. The van der Waals surface area contributed by atoms with Gasteiger partial charge in [-0.25, -0.2) is 4.98 Å². The maximum absolute atomic E-state index is 12.7. The first kappa shape index (κ1) is 20.5. The predicted molar refractivity (Wildman–Crippen MR) is 115 cm³/mol. The third-order valence-corrected chi connectivity index (χ3v) is 5.97. The van der Waals surface area contributed by atoms with E-state index in [0.29, 0.717) is 46.4 Å². The first-order chi connectivity index (χ1) is 14.5. The molecule has 0 radical (unpaired) electrons. The van der Waals surface area contributed by atoms with E-state index in [0.717, 1.165) is 31.6 Å². The van der Waals surface area contributed by atoms with Crippen LogP contribution in [0.25, 0.3) is 0 Å². The van der Waals surface area contributed by atoms with Gasteiger partial charge in [-0.05, 0) is 44.0 Å². The molecular weight excluding hydrogens is 404 g/mol. The molecule has 1 N–H and O–H groups in total. The number of ether oxygens (including phenoxy) is 1. The summed E-state index contributed by atoms with van der Waals surface area (Å²) in [5.41, 5.74) is 3.40. The number of anilines is 1. The van der Waals surface area contributed by atoms with Gasteiger partial charge in [0.1, 0.15) is 0 Å². The number of rotatable bonds is 6. The van der Waals surface area contributed by atoms with Crippen molar-refractivity contribution < 1.29 is 14.3 Å². The van der Waals surface area contributed by atoms with Crippen molar-refractivity contribution in [3.8, 4) is 5.88 Å². The monoisotopic (exact) mass is 428 g/mol. The lowest BCUT2D eigenvalue weighted by Gasteiger charge is -2.19. The lowest BCUT2D eigenvalue weighted by atomic mass is 10.1. The highest BCUT2D eigenvalue weighted by molar-refractivity contribution is 6.33. The van der Waals surface area contributed by atoms with Crippen LogP contribution in [0.1, 0.15) is 51.7 Å². The van der Waals surface area contributed by atoms with E-state index in [9.17, 15) is 9.59 Å². The summed E-state index contributed by atoms with van der Waals surface area (Å²) in [5, 5.41) is 3.46. The molecular formula is C22H25ClN4O3. The molecule has 4 rings (SSSR count). The third kappa shape index (κ3) is 3.81. The standard InChI is InChI=1S/C22H25ClN4O3/c1-3-26-13-18-16(22(26)29)10-15(21(25-18)30-2)12-24-20(28)14-6-7-19(17(23)11-14)27-8-4-5-9-27/h6-7,10-11H,3-5,8-9,12-13H2,1-2H3,(H,24,28). The van der Waals surface area contributed by atoms with Gasteiger partial charge in [-0.2, -0.15) is 0 Å². The number of hydrogen-bond donors (Lipinski definition) is 1. The Morgan fingerprint density at radius 2 is 2.03 bits per heavy atom. The minimum absolute atomic E-state index is 0.0421. The zero-order chi connectivity index (χ0) is 21.3. The maximum atomic E-state index is 12.7. The Morgan fingerprint density at radius 3 is 2.70 bits per heavy atom. The van der Waals surface area contributed by atoms with Gasteiger partial charge in [0, 0.05) is 37.3 Å². The van der Waals surface area contributed by atoms with E-state index >= 15 is 0 Å². The van der Waals surface area contributed by atoms with Crippen LogP contribution in [-0.4, -0.2) is 48.4 Å². The molecule has 30 heavy (non-hydrogen) atoms. The van der Waals surface area contributed by atoms with E-state index in [4.69, 9.17) is 16.3 Å². The molecule has 7 nitrogen and oxygen atoms in total. The molecule has 2 amide bonds. The molecule has 1 aromatic carbocycles. The second kappa shape index (κ2) is 8.52. The molecule has 1 fully saturated rings. The second-order valence-corrected chi connectivity index (χ2v) is 7.92. The van der Waals surface area contributed by atoms with Gasteiger partial charge in [0.2, 0.25) is 5.88 Å². The minimum atomic E-state index is -0.242. The van der Waals surface area contributed by atoms with E-state index < -0.39 is 0 Å². The molecule has 2 aliphatic rings. The molecule has 2 aromatic rings. The van der Waals surface area contributed by atoms with Gasteiger partial charge >= 0.3 is 0 Å². The molecule has 2 aliphatic heterocycles. The van der Waals surface area contributed by atoms with Crippen molar-refractivity contribution >= 4 is 29.1 Å². The largest absolute Gasteiger partial charge is 0.481 e. The van der Waals surface area contributed by atoms with Gasteiger partial charge in [-0.3, -0.25) is 9.59 Å². The lowest BCUT2D eigenvalue weighted by Crippen LogP contribution is -2.24. The SMILES string of the molecule is CCN1Cc2nc(OC)c(CNC(=O)c3ccc(N4CCCC4)c(Cl)c3)cc2C1=O. The van der Waals surface area contributed by atoms with E-state index in [1.807, 2.05) is 13.0 Å². The summed E-state index contributed by atoms with van der Waals surface area (Å²) in [6, 6.07) is 7.15. The van der Waals surface area contributed by atoms with Gasteiger partial charge in [0.25, 0.3) is 11.8 Å². The van der Waals surface area contributed by atoms with Crippen LogP contribution < -0.4 is 15.0 Å². The zero-order valence-electron chi connectivity index (χ0n) is 17.2. The highest BCUT2D eigenvalue weighted by atomic mass is 35.5. The van der Waals surface area contributed by atoms with Gasteiger partial charge in [0.05, 0.1) is 35.6 Å². The first-order valence-electron chi connectivity index (χ1n) is 10.2. The summed E-state index contributed by atoms with van der Waals surface area (Å²) < 4.78 is 5.39. The van der Waals surface area contributed by atoms with Crippen molar-refractivity contribution in [1.29, 1.82) is 0 Å². The van der Waals surface area contributed by atoms with Crippen LogP contribution >= 0.6 is 11.6 Å². The average Bonchev–Trinajstić information content (AvgIpc) is 3.39. The molecule has 1 saturated heterocycles. The molecule has 0 aliphatic carbocycles. The smallest absolute Gasteiger partial charge is 0.256 e. The number of hydrogen-bond acceptors (Lipinski definition) is 5. The maximum Gasteiger partial charge on any atom is 0.256 e. The summed E-state index contributed by atoms with van der Waals surface area (Å²) in [6.45, 7) is 5.22. The van der Waals surface area contributed by atoms with Crippen LogP contribution in [0.4, 0.5) is 5.69 Å². The van der Waals surface area contributed by atoms with Gasteiger partial charge in [-0.1, -0.05) is 11.6 Å². The summed E-state index contributed by atoms with van der Waals surface area (Å²) in [6.07, 6.45) is 2.32. The third-order valence-electron chi connectivity index (χ3n) is 5.67. The number of pyridine rings is 1. The zero-order valence-corrected chi connectivity index (χ0v) is 18.0. The van der Waals surface area contributed by atoms with Gasteiger partial charge in [0.15, 0.2) is 0 Å². The summed E-state index contributed by atoms with van der Waals surface area (Å²) in [4.78, 5) is 33.6. The van der Waals surface area contributed by atoms with Crippen LogP contribution in [0.2, 0.25) is 5.02 Å². The Bertz CT molecular complexity index is 989. The predicted octanol–water partition coefficient (Wildman–Crippen LogP) is 3.25. The number of aromatic nitrogens is 1. The van der Waals surface area contributed by atoms with Crippen molar-refractivity contribution in [2.24, 2.45) is 0 Å². The Labute approximate surface area is 181 Å². The van der Waals surface area contributed by atoms with Crippen LogP contribution in [0.15, 0.2) is 24.3 Å². The number of amides is 2. The minimum Gasteiger partial charge on any atom is -0.481 e. The molecule has 158 valence electrons. The summed E-state index contributed by atoms with van der Waals surface area (Å²) in [7, 11) is 1.53. The fourth-order valence-corrected chi connectivity index (χ4v) is 4.30. The topological polar surface area (TPSA) is 74.8 Å². The van der Waals surface area contributed by atoms with Gasteiger partial charge < -0.3 is 19.9 Å². The molecule has 0 saturated carbocycles. The Kier molecular flexibility index (Phi) is 5.81. The van der Waals surface area contributed by atoms with Crippen LogP contribution in [0.5, 0.6) is 5.88 Å². The van der Waals surface area contributed by atoms with Crippen molar-refractivity contribution in [3.63, 3.8) is 0 Å².